The predicted molar refractivity (Wildman–Crippen MR) is 88.9 cm³/mol. The van der Waals surface area contributed by atoms with Crippen LogP contribution in [0.3, 0.4) is 0 Å². The largest absolute Gasteiger partial charge is 0.423 e. The minimum atomic E-state index is -0.385. The molecule has 0 aliphatic heterocycles. The van der Waals surface area contributed by atoms with E-state index in [9.17, 15) is 9.59 Å². The molecule has 0 saturated heterocycles. The van der Waals surface area contributed by atoms with E-state index in [1.165, 1.54) is 6.07 Å². The first-order valence-corrected chi connectivity index (χ1v) is 8.13. The second-order valence-corrected chi connectivity index (χ2v) is 6.75. The second kappa shape index (κ2) is 6.34. The molecule has 1 amide bonds. The van der Waals surface area contributed by atoms with Gasteiger partial charge in [-0.15, -0.1) is 0 Å². The summed E-state index contributed by atoms with van der Waals surface area (Å²) in [4.78, 5) is 24.7. The average Bonchev–Trinajstić information content (AvgIpc) is 3.24. The molecule has 1 aliphatic rings. The first-order valence-electron chi connectivity index (χ1n) is 7.76. The number of nitrogens with one attached hydrogen (secondary N) is 2. The number of rotatable bonds is 5. The normalized spacial score (nSPS) is 15.6. The highest BCUT2D eigenvalue weighted by Crippen LogP contribution is 2.24. The van der Waals surface area contributed by atoms with Crippen molar-refractivity contribution in [2.45, 2.75) is 32.4 Å². The van der Waals surface area contributed by atoms with Gasteiger partial charge in [0.1, 0.15) is 12.1 Å². The lowest BCUT2D eigenvalue weighted by Gasteiger charge is -2.15. The van der Waals surface area contributed by atoms with E-state index in [0.717, 1.165) is 34.3 Å². The van der Waals surface area contributed by atoms with Crippen LogP contribution in [0.15, 0.2) is 27.4 Å². The van der Waals surface area contributed by atoms with E-state index in [1.54, 1.807) is 6.07 Å². The van der Waals surface area contributed by atoms with Crippen LogP contribution in [0.2, 0.25) is 5.02 Å². The van der Waals surface area contributed by atoms with Crippen molar-refractivity contribution in [2.75, 3.05) is 13.6 Å². The zero-order chi connectivity index (χ0) is 16.6. The van der Waals surface area contributed by atoms with Crippen LogP contribution in [-0.2, 0) is 11.3 Å². The lowest BCUT2D eigenvalue weighted by molar-refractivity contribution is -0.885. The Morgan fingerprint density at radius 2 is 2.13 bits per heavy atom. The summed E-state index contributed by atoms with van der Waals surface area (Å²) in [5, 5.41) is 4.43. The SMILES string of the molecule is Cc1cc2oc(=O)cc(C[NH+](C)CC(=O)NC3CC3)c2cc1Cl. The number of carbonyl (C=O) groups excluding carboxylic acids is 1. The molecule has 1 aromatic carbocycles. The topological polar surface area (TPSA) is 63.8 Å². The predicted octanol–water partition coefficient (Wildman–Crippen LogP) is 1.05. The van der Waals surface area contributed by atoms with Gasteiger partial charge in [-0.1, -0.05) is 11.6 Å². The van der Waals surface area contributed by atoms with Gasteiger partial charge in [-0.3, -0.25) is 4.79 Å². The van der Waals surface area contributed by atoms with Crippen molar-refractivity contribution in [1.82, 2.24) is 5.32 Å². The number of carbonyl (C=O) groups is 1. The van der Waals surface area contributed by atoms with Crippen LogP contribution in [-0.4, -0.2) is 25.5 Å². The molecule has 2 N–H and O–H groups in total. The minimum Gasteiger partial charge on any atom is -0.423 e. The molecule has 1 atom stereocenters. The molecule has 122 valence electrons. The van der Waals surface area contributed by atoms with E-state index in [0.29, 0.717) is 29.7 Å². The fourth-order valence-corrected chi connectivity index (χ4v) is 2.83. The van der Waals surface area contributed by atoms with Crippen LogP contribution in [0.1, 0.15) is 24.0 Å². The van der Waals surface area contributed by atoms with Crippen LogP contribution in [0.4, 0.5) is 0 Å². The molecule has 1 saturated carbocycles. The maximum atomic E-state index is 11.9. The molecule has 1 aliphatic carbocycles. The van der Waals surface area contributed by atoms with E-state index in [1.807, 2.05) is 20.0 Å². The van der Waals surface area contributed by atoms with E-state index < -0.39 is 0 Å². The maximum absolute atomic E-state index is 11.9. The third kappa shape index (κ3) is 3.92. The highest BCUT2D eigenvalue weighted by molar-refractivity contribution is 6.32. The van der Waals surface area contributed by atoms with Crippen molar-refractivity contribution in [3.63, 3.8) is 0 Å². The molecule has 1 aromatic heterocycles. The highest BCUT2D eigenvalue weighted by atomic mass is 35.5. The van der Waals surface area contributed by atoms with Crippen molar-refractivity contribution in [3.8, 4) is 0 Å². The number of quaternary nitrogens is 1. The van der Waals surface area contributed by atoms with Gasteiger partial charge in [0.05, 0.1) is 7.05 Å². The third-order valence-electron chi connectivity index (χ3n) is 4.01. The first-order chi connectivity index (χ1) is 10.9. The number of hydrogen-bond donors (Lipinski definition) is 2. The Kier molecular flexibility index (Phi) is 4.41. The average molecular weight is 336 g/mol. The van der Waals surface area contributed by atoms with Gasteiger partial charge in [0.25, 0.3) is 5.91 Å². The van der Waals surface area contributed by atoms with Gasteiger partial charge in [-0.2, -0.15) is 0 Å². The summed E-state index contributed by atoms with van der Waals surface area (Å²) >= 11 is 6.19. The number of aryl methyl sites for hydroxylation is 1. The van der Waals surface area contributed by atoms with Crippen molar-refractivity contribution in [2.24, 2.45) is 0 Å². The van der Waals surface area contributed by atoms with Gasteiger partial charge in [0, 0.05) is 28.1 Å². The molecule has 0 spiro atoms. The minimum absolute atomic E-state index is 0.0474. The van der Waals surface area contributed by atoms with Crippen LogP contribution < -0.4 is 15.8 Å². The third-order valence-corrected chi connectivity index (χ3v) is 4.41. The highest BCUT2D eigenvalue weighted by Gasteiger charge is 2.24. The molecule has 0 radical (unpaired) electrons. The number of hydrogen-bond acceptors (Lipinski definition) is 3. The summed E-state index contributed by atoms with van der Waals surface area (Å²) in [6.07, 6.45) is 2.15. The Morgan fingerprint density at radius 1 is 1.39 bits per heavy atom. The smallest absolute Gasteiger partial charge is 0.336 e. The molecule has 23 heavy (non-hydrogen) atoms. The Balaban J connectivity index is 1.82. The van der Waals surface area contributed by atoms with Crippen LogP contribution in [0, 0.1) is 6.92 Å². The molecular formula is C17H20ClN2O3+. The molecule has 1 unspecified atom stereocenters. The van der Waals surface area contributed by atoms with Gasteiger partial charge in [0.2, 0.25) is 0 Å². The second-order valence-electron chi connectivity index (χ2n) is 6.34. The number of halogens is 1. The Bertz CT molecular complexity index is 811. The van der Waals surface area contributed by atoms with Gasteiger partial charge >= 0.3 is 5.63 Å². The number of amides is 1. The fraction of sp³-hybridized carbons (Fsp3) is 0.412. The molecule has 6 heteroatoms. The number of fused-ring (bicyclic) bond motifs is 1. The summed E-state index contributed by atoms with van der Waals surface area (Å²) in [6.45, 7) is 2.80. The van der Waals surface area contributed by atoms with Crippen LogP contribution in [0.5, 0.6) is 0 Å². The molecule has 1 heterocycles. The summed E-state index contributed by atoms with van der Waals surface area (Å²) in [7, 11) is 1.93. The van der Waals surface area contributed by atoms with Gasteiger partial charge in [-0.05, 0) is 37.5 Å². The Morgan fingerprint density at radius 3 is 2.83 bits per heavy atom. The molecule has 2 aromatic rings. The van der Waals surface area contributed by atoms with Crippen molar-refractivity contribution in [1.29, 1.82) is 0 Å². The molecular weight excluding hydrogens is 316 g/mol. The van der Waals surface area contributed by atoms with Gasteiger partial charge in [-0.25, -0.2) is 4.79 Å². The monoisotopic (exact) mass is 335 g/mol. The Labute approximate surface area is 139 Å². The maximum Gasteiger partial charge on any atom is 0.336 e. The lowest BCUT2D eigenvalue weighted by atomic mass is 10.1. The Hall–Kier alpha value is -1.85. The van der Waals surface area contributed by atoms with Crippen molar-refractivity contribution >= 4 is 28.5 Å². The quantitative estimate of drug-likeness (QED) is 0.803. The summed E-state index contributed by atoms with van der Waals surface area (Å²) < 4.78 is 5.26. The summed E-state index contributed by atoms with van der Waals surface area (Å²) in [5.41, 5.74) is 1.85. The van der Waals surface area contributed by atoms with E-state index >= 15 is 0 Å². The van der Waals surface area contributed by atoms with Crippen LogP contribution in [0.25, 0.3) is 11.0 Å². The zero-order valence-electron chi connectivity index (χ0n) is 13.2. The van der Waals surface area contributed by atoms with Gasteiger partial charge in [0.15, 0.2) is 6.54 Å². The molecule has 3 rings (SSSR count). The van der Waals surface area contributed by atoms with Crippen molar-refractivity contribution in [3.05, 3.63) is 44.8 Å². The van der Waals surface area contributed by atoms with Crippen LogP contribution >= 0.6 is 11.6 Å². The van der Waals surface area contributed by atoms with Gasteiger partial charge < -0.3 is 14.6 Å². The molecule has 0 bridgehead atoms. The number of likely N-dealkylation sites (N-methyl/N-ethyl adjacent to an activating group) is 1. The standard InChI is InChI=1S/C17H19ClN2O3/c1-10-5-15-13(7-14(10)18)11(6-17(22)23-15)8-20(2)9-16(21)19-12-3-4-12/h5-7,12H,3-4,8-9H2,1-2H3,(H,19,21)/p+1. The fourth-order valence-electron chi connectivity index (χ4n) is 2.66. The summed E-state index contributed by atoms with van der Waals surface area (Å²) in [5.74, 6) is 0.0474. The lowest BCUT2D eigenvalue weighted by Crippen LogP contribution is -3.09. The molecule has 1 fully saturated rings. The van der Waals surface area contributed by atoms with Crippen molar-refractivity contribution < 1.29 is 14.1 Å². The first kappa shape index (κ1) is 16.0. The number of benzene rings is 1. The van der Waals surface area contributed by atoms with E-state index in [4.69, 9.17) is 16.0 Å². The molecule has 5 nitrogen and oxygen atoms in total. The summed E-state index contributed by atoms with van der Waals surface area (Å²) in [6, 6.07) is 5.44. The van der Waals surface area contributed by atoms with E-state index in [-0.39, 0.29) is 11.5 Å². The van der Waals surface area contributed by atoms with E-state index in [2.05, 4.69) is 5.32 Å². The zero-order valence-corrected chi connectivity index (χ0v) is 14.0.